The van der Waals surface area contributed by atoms with E-state index < -0.39 is 23.9 Å². The standard InChI is InChI=1S/C6H13O10P3/c1-5-2-3-6(14-5)4-13-17(7)15-19(11,12)16-18(8,9)10/h5-6H,2-4H2,1H3,(H2-,8,9,10,11,12)/p+1. The van der Waals surface area contributed by atoms with E-state index in [0.29, 0.717) is 6.42 Å². The molecule has 4 atom stereocenters. The summed E-state index contributed by atoms with van der Waals surface area (Å²) in [4.78, 5) is 25.5. The minimum Gasteiger partial charge on any atom is -0.373 e. The monoisotopic (exact) mass is 339 g/mol. The number of hydrogen-bond donors (Lipinski definition) is 3. The molecule has 19 heavy (non-hydrogen) atoms. The van der Waals surface area contributed by atoms with Gasteiger partial charge in [-0.1, -0.05) is 0 Å². The van der Waals surface area contributed by atoms with Gasteiger partial charge in [0.05, 0.1) is 12.2 Å². The van der Waals surface area contributed by atoms with Crippen LogP contribution < -0.4 is 0 Å². The minimum absolute atomic E-state index is 0.0503. The normalized spacial score (nSPS) is 28.1. The van der Waals surface area contributed by atoms with E-state index in [1.807, 2.05) is 6.92 Å². The lowest BCUT2D eigenvalue weighted by molar-refractivity contribution is 0.0256. The first-order valence-electron chi connectivity index (χ1n) is 5.12. The molecule has 0 saturated carbocycles. The Bertz CT molecular complexity index is 417. The lowest BCUT2D eigenvalue weighted by Gasteiger charge is -2.07. The second-order valence-electron chi connectivity index (χ2n) is 3.79. The first kappa shape index (κ1) is 17.3. The van der Waals surface area contributed by atoms with Crippen molar-refractivity contribution in [3.05, 3.63) is 0 Å². The Morgan fingerprint density at radius 1 is 1.32 bits per heavy atom. The fourth-order valence-corrected chi connectivity index (χ4v) is 4.02. The molecule has 1 rings (SSSR count). The molecule has 1 aliphatic rings. The summed E-state index contributed by atoms with van der Waals surface area (Å²) in [5, 5.41) is 0. The zero-order valence-corrected chi connectivity index (χ0v) is 12.5. The predicted octanol–water partition coefficient (Wildman–Crippen LogP) is 1.45. The molecule has 1 fully saturated rings. The lowest BCUT2D eigenvalue weighted by atomic mass is 10.2. The Morgan fingerprint density at radius 3 is 2.42 bits per heavy atom. The average molecular weight is 339 g/mol. The fraction of sp³-hybridized carbons (Fsp3) is 1.00. The third-order valence-corrected chi connectivity index (χ3v) is 5.46. The summed E-state index contributed by atoms with van der Waals surface area (Å²) in [6.07, 6.45) is 1.23. The van der Waals surface area contributed by atoms with Crippen LogP contribution >= 0.6 is 23.9 Å². The molecule has 0 spiro atoms. The molecule has 4 unspecified atom stereocenters. The van der Waals surface area contributed by atoms with E-state index in [-0.39, 0.29) is 18.8 Å². The maximum Gasteiger partial charge on any atom is 0.708 e. The highest BCUT2D eigenvalue weighted by molar-refractivity contribution is 7.64. The molecular formula is C6H14O10P3+. The minimum atomic E-state index is -5.24. The molecule has 0 amide bonds. The molecule has 112 valence electrons. The number of rotatable bonds is 7. The van der Waals surface area contributed by atoms with Crippen molar-refractivity contribution in [2.24, 2.45) is 0 Å². The van der Waals surface area contributed by atoms with Gasteiger partial charge in [-0.15, -0.1) is 4.52 Å². The molecule has 10 nitrogen and oxygen atoms in total. The largest absolute Gasteiger partial charge is 0.708 e. The number of ether oxygens (including phenoxy) is 1. The summed E-state index contributed by atoms with van der Waals surface area (Å²) in [6, 6.07) is 0. The molecule has 0 radical (unpaired) electrons. The Kier molecular flexibility index (Phi) is 6.23. The summed E-state index contributed by atoms with van der Waals surface area (Å²) in [5.41, 5.74) is 0. The average Bonchev–Trinajstić information content (AvgIpc) is 2.56. The van der Waals surface area contributed by atoms with Crippen LogP contribution in [0, 0.1) is 0 Å². The number of hydrogen-bond acceptors (Lipinski definition) is 7. The van der Waals surface area contributed by atoms with Crippen LogP contribution in [0.2, 0.25) is 0 Å². The zero-order valence-electron chi connectivity index (χ0n) is 9.82. The van der Waals surface area contributed by atoms with Gasteiger partial charge in [-0.05, 0) is 24.1 Å². The van der Waals surface area contributed by atoms with Crippen molar-refractivity contribution in [2.45, 2.75) is 32.0 Å². The smallest absolute Gasteiger partial charge is 0.373 e. The van der Waals surface area contributed by atoms with Crippen LogP contribution in [0.5, 0.6) is 0 Å². The van der Waals surface area contributed by atoms with Crippen LogP contribution in [0.15, 0.2) is 0 Å². The summed E-state index contributed by atoms with van der Waals surface area (Å²) < 4.78 is 49.8. The van der Waals surface area contributed by atoms with Crippen molar-refractivity contribution in [1.82, 2.24) is 0 Å². The van der Waals surface area contributed by atoms with Gasteiger partial charge in [0.1, 0.15) is 6.61 Å². The van der Waals surface area contributed by atoms with Gasteiger partial charge in [0.25, 0.3) is 0 Å². The highest BCUT2D eigenvalue weighted by Gasteiger charge is 2.43. The SMILES string of the molecule is CC1CCC(CO[P+](=O)OP(=O)(O)OP(=O)(O)O)O1. The second-order valence-corrected chi connectivity index (χ2v) is 7.72. The first-order chi connectivity index (χ1) is 8.57. The second kappa shape index (κ2) is 6.83. The van der Waals surface area contributed by atoms with Gasteiger partial charge in [-0.2, -0.15) is 4.31 Å². The van der Waals surface area contributed by atoms with Crippen LogP contribution in [-0.4, -0.2) is 33.5 Å². The molecule has 13 heteroatoms. The van der Waals surface area contributed by atoms with Crippen molar-refractivity contribution >= 4 is 23.9 Å². The van der Waals surface area contributed by atoms with Gasteiger partial charge in [-0.3, -0.25) is 4.89 Å². The van der Waals surface area contributed by atoms with Gasteiger partial charge in [0, 0.05) is 4.57 Å². The topological polar surface area (TPSA) is 149 Å². The van der Waals surface area contributed by atoms with Gasteiger partial charge >= 0.3 is 23.9 Å². The zero-order chi connectivity index (χ0) is 14.7. The van der Waals surface area contributed by atoms with Crippen LogP contribution in [0.3, 0.4) is 0 Å². The van der Waals surface area contributed by atoms with Gasteiger partial charge in [-0.25, -0.2) is 9.13 Å². The van der Waals surface area contributed by atoms with E-state index in [2.05, 4.69) is 13.1 Å². The van der Waals surface area contributed by atoms with E-state index in [4.69, 9.17) is 19.4 Å². The van der Waals surface area contributed by atoms with Crippen molar-refractivity contribution in [3.8, 4) is 0 Å². The summed E-state index contributed by atoms with van der Waals surface area (Å²) >= 11 is 0. The predicted molar refractivity (Wildman–Crippen MR) is 61.2 cm³/mol. The van der Waals surface area contributed by atoms with Crippen LogP contribution in [0.4, 0.5) is 0 Å². The Hall–Kier alpha value is 0.280. The van der Waals surface area contributed by atoms with E-state index in [9.17, 15) is 13.7 Å². The van der Waals surface area contributed by atoms with E-state index in [1.54, 1.807) is 0 Å². The molecule has 0 aromatic rings. The van der Waals surface area contributed by atoms with Crippen molar-refractivity contribution in [3.63, 3.8) is 0 Å². The Balaban J connectivity index is 2.34. The van der Waals surface area contributed by atoms with Gasteiger partial charge < -0.3 is 14.5 Å². The molecule has 0 bridgehead atoms. The van der Waals surface area contributed by atoms with Crippen molar-refractivity contribution in [2.75, 3.05) is 6.61 Å². The van der Waals surface area contributed by atoms with Gasteiger partial charge in [0.2, 0.25) is 0 Å². The first-order valence-corrected chi connectivity index (χ1v) is 9.24. The highest BCUT2D eigenvalue weighted by Crippen LogP contribution is 2.61. The Labute approximate surface area is 109 Å². The third-order valence-electron chi connectivity index (χ3n) is 2.07. The maximum atomic E-state index is 11.2. The van der Waals surface area contributed by atoms with Crippen LogP contribution in [0.1, 0.15) is 19.8 Å². The molecule has 0 aliphatic carbocycles. The molecule has 1 saturated heterocycles. The summed E-state index contributed by atoms with van der Waals surface area (Å²) in [6.45, 7) is 1.72. The summed E-state index contributed by atoms with van der Waals surface area (Å²) in [7, 11) is -13.5. The quantitative estimate of drug-likeness (QED) is 0.582. The lowest BCUT2D eigenvalue weighted by Crippen LogP contribution is -2.13. The van der Waals surface area contributed by atoms with Crippen LogP contribution in [-0.2, 0) is 31.6 Å². The van der Waals surface area contributed by atoms with Gasteiger partial charge in [0.15, 0.2) is 0 Å². The maximum absolute atomic E-state index is 11.2. The highest BCUT2D eigenvalue weighted by atomic mass is 31.3. The molecular weight excluding hydrogens is 325 g/mol. The summed E-state index contributed by atoms with van der Waals surface area (Å²) in [5.74, 6) is 0. The molecule has 0 aromatic carbocycles. The van der Waals surface area contributed by atoms with Crippen molar-refractivity contribution < 1.29 is 46.3 Å². The molecule has 1 aliphatic heterocycles. The van der Waals surface area contributed by atoms with E-state index >= 15 is 0 Å². The van der Waals surface area contributed by atoms with E-state index in [1.165, 1.54) is 0 Å². The Morgan fingerprint density at radius 2 is 1.95 bits per heavy atom. The van der Waals surface area contributed by atoms with E-state index in [0.717, 1.165) is 6.42 Å². The third kappa shape index (κ3) is 7.58. The van der Waals surface area contributed by atoms with Crippen molar-refractivity contribution in [1.29, 1.82) is 0 Å². The molecule has 3 N–H and O–H groups in total. The fourth-order valence-electron chi connectivity index (χ4n) is 1.41. The molecule has 1 heterocycles. The molecule has 0 aromatic heterocycles. The van der Waals surface area contributed by atoms with Crippen LogP contribution in [0.25, 0.3) is 0 Å². The number of phosphoric acid groups is 2.